The van der Waals surface area contributed by atoms with Gasteiger partial charge in [-0.1, -0.05) is 30.3 Å². The van der Waals surface area contributed by atoms with E-state index in [0.29, 0.717) is 18.8 Å². The first-order valence-corrected chi connectivity index (χ1v) is 10.3. The molecule has 0 unspecified atom stereocenters. The average molecular weight is 435 g/mol. The Hall–Kier alpha value is -4.01. The predicted octanol–water partition coefficient (Wildman–Crippen LogP) is 3.01. The maximum absolute atomic E-state index is 12.7. The van der Waals surface area contributed by atoms with E-state index < -0.39 is 16.3 Å². The number of nitro benzene ring substituents is 1. The van der Waals surface area contributed by atoms with Crippen molar-refractivity contribution in [2.75, 3.05) is 24.5 Å². The number of aryl methyl sites for hydroxylation is 2. The number of nitro groups is 1. The molecule has 1 N–H and O–H groups in total. The van der Waals surface area contributed by atoms with E-state index in [1.807, 2.05) is 38.1 Å². The van der Waals surface area contributed by atoms with Crippen LogP contribution in [0.3, 0.4) is 0 Å². The molecular formula is C23H25N5O4. The summed E-state index contributed by atoms with van der Waals surface area (Å²) in [6.45, 7) is 7.28. The highest BCUT2D eigenvalue weighted by Gasteiger charge is 2.20. The van der Waals surface area contributed by atoms with Crippen molar-refractivity contribution < 1.29 is 9.72 Å². The molecule has 0 saturated carbocycles. The Bertz CT molecular complexity index is 1200. The highest BCUT2D eigenvalue weighted by atomic mass is 16.6. The smallest absolute Gasteiger partial charge is 0.294 e. The van der Waals surface area contributed by atoms with Gasteiger partial charge in [0.15, 0.2) is 5.69 Å². The van der Waals surface area contributed by atoms with Crippen molar-refractivity contribution in [2.24, 2.45) is 0 Å². The first-order chi connectivity index (χ1) is 15.3. The summed E-state index contributed by atoms with van der Waals surface area (Å²) >= 11 is 0. The zero-order chi connectivity index (χ0) is 23.3. The molecule has 1 aromatic heterocycles. The number of anilines is 1. The van der Waals surface area contributed by atoms with E-state index >= 15 is 0 Å². The number of carbonyl (C=O) groups excluding carboxylic acids is 1. The minimum absolute atomic E-state index is 0.171. The molecule has 0 radical (unpaired) electrons. The Morgan fingerprint density at radius 1 is 1.16 bits per heavy atom. The molecule has 0 aliphatic heterocycles. The van der Waals surface area contributed by atoms with Gasteiger partial charge in [-0.15, -0.1) is 0 Å². The molecule has 0 saturated heterocycles. The molecule has 2 aromatic carbocycles. The van der Waals surface area contributed by atoms with Crippen LogP contribution in [-0.4, -0.2) is 40.2 Å². The van der Waals surface area contributed by atoms with Gasteiger partial charge in [0, 0.05) is 43.1 Å². The summed E-state index contributed by atoms with van der Waals surface area (Å²) in [5, 5.41) is 18.3. The van der Waals surface area contributed by atoms with Crippen LogP contribution in [-0.2, 0) is 0 Å². The van der Waals surface area contributed by atoms with Gasteiger partial charge in [0.2, 0.25) is 5.43 Å². The number of rotatable bonds is 8. The fourth-order valence-electron chi connectivity index (χ4n) is 3.50. The summed E-state index contributed by atoms with van der Waals surface area (Å²) in [5.41, 5.74) is 1.76. The Labute approximate surface area is 185 Å². The van der Waals surface area contributed by atoms with Gasteiger partial charge < -0.3 is 10.2 Å². The molecular weight excluding hydrogens is 410 g/mol. The number of nitrogens with one attached hydrogen (secondary N) is 1. The lowest BCUT2D eigenvalue weighted by atomic mass is 10.2. The van der Waals surface area contributed by atoms with Crippen molar-refractivity contribution in [3.63, 3.8) is 0 Å². The van der Waals surface area contributed by atoms with Crippen molar-refractivity contribution in [1.82, 2.24) is 15.1 Å². The van der Waals surface area contributed by atoms with Crippen LogP contribution >= 0.6 is 0 Å². The zero-order valence-corrected chi connectivity index (χ0v) is 18.2. The van der Waals surface area contributed by atoms with Crippen LogP contribution < -0.4 is 15.6 Å². The molecule has 1 amide bonds. The number of hydrogen-bond donors (Lipinski definition) is 1. The van der Waals surface area contributed by atoms with Gasteiger partial charge >= 0.3 is 0 Å². The van der Waals surface area contributed by atoms with Crippen molar-refractivity contribution in [3.05, 3.63) is 91.9 Å². The number of para-hydroxylation sites is 3. The van der Waals surface area contributed by atoms with Crippen LogP contribution in [0, 0.1) is 24.0 Å². The highest BCUT2D eigenvalue weighted by Crippen LogP contribution is 2.22. The zero-order valence-electron chi connectivity index (χ0n) is 18.2. The molecule has 9 nitrogen and oxygen atoms in total. The van der Waals surface area contributed by atoms with Gasteiger partial charge in [0.05, 0.1) is 4.92 Å². The Morgan fingerprint density at radius 2 is 1.84 bits per heavy atom. The Morgan fingerprint density at radius 3 is 2.53 bits per heavy atom. The van der Waals surface area contributed by atoms with Crippen LogP contribution in [0.1, 0.15) is 28.7 Å². The summed E-state index contributed by atoms with van der Waals surface area (Å²) in [6, 6.07) is 15.3. The third kappa shape index (κ3) is 4.83. The molecule has 3 rings (SSSR count). The van der Waals surface area contributed by atoms with Crippen LogP contribution in [0.25, 0.3) is 5.69 Å². The second kappa shape index (κ2) is 9.86. The molecule has 0 aliphatic rings. The summed E-state index contributed by atoms with van der Waals surface area (Å²) in [5.74, 6) is -0.622. The highest BCUT2D eigenvalue weighted by molar-refractivity contribution is 5.92. The first-order valence-electron chi connectivity index (χ1n) is 10.3. The van der Waals surface area contributed by atoms with E-state index in [1.54, 1.807) is 19.1 Å². The minimum atomic E-state index is -0.622. The number of carbonyl (C=O) groups is 1. The summed E-state index contributed by atoms with van der Waals surface area (Å²) in [6.07, 6.45) is 0. The molecule has 166 valence electrons. The number of amides is 1. The van der Waals surface area contributed by atoms with E-state index in [1.165, 1.54) is 22.9 Å². The van der Waals surface area contributed by atoms with Crippen molar-refractivity contribution >= 4 is 17.3 Å². The second-order valence-electron chi connectivity index (χ2n) is 7.28. The minimum Gasteiger partial charge on any atom is -0.370 e. The molecule has 0 atom stereocenters. The molecule has 9 heteroatoms. The third-order valence-corrected chi connectivity index (χ3v) is 5.13. The summed E-state index contributed by atoms with van der Waals surface area (Å²) in [7, 11) is 0. The van der Waals surface area contributed by atoms with E-state index in [4.69, 9.17) is 0 Å². The number of aromatic nitrogens is 2. The van der Waals surface area contributed by atoms with Gasteiger partial charge in [-0.05, 0) is 38.5 Å². The number of hydrogen-bond acceptors (Lipinski definition) is 6. The second-order valence-corrected chi connectivity index (χ2v) is 7.28. The lowest BCUT2D eigenvalue weighted by Gasteiger charge is -2.25. The largest absolute Gasteiger partial charge is 0.370 e. The molecule has 0 bridgehead atoms. The summed E-state index contributed by atoms with van der Waals surface area (Å²) in [4.78, 5) is 38.1. The van der Waals surface area contributed by atoms with Gasteiger partial charge in [-0.3, -0.25) is 19.7 Å². The normalized spacial score (nSPS) is 10.6. The molecule has 0 spiro atoms. The molecule has 0 fully saturated rings. The van der Waals surface area contributed by atoms with Crippen molar-refractivity contribution in [3.8, 4) is 5.69 Å². The van der Waals surface area contributed by atoms with Gasteiger partial charge in [-0.25, -0.2) is 4.68 Å². The number of nitrogens with zero attached hydrogens (tertiary/aromatic N) is 4. The third-order valence-electron chi connectivity index (χ3n) is 5.13. The summed E-state index contributed by atoms with van der Waals surface area (Å²) < 4.78 is 1.25. The SMILES string of the molecule is CCN(CCNC(=O)c1nn(-c2ccccc2[N+](=O)[O-])c(C)cc1=O)c1ccccc1C. The maximum Gasteiger partial charge on any atom is 0.294 e. The van der Waals surface area contributed by atoms with E-state index in [0.717, 1.165) is 17.8 Å². The number of likely N-dealkylation sites (N-methyl/N-ethyl adjacent to an activating group) is 1. The van der Waals surface area contributed by atoms with Crippen LogP contribution in [0.5, 0.6) is 0 Å². The Kier molecular flexibility index (Phi) is 6.99. The first kappa shape index (κ1) is 22.7. The van der Waals surface area contributed by atoms with Crippen LogP contribution in [0.2, 0.25) is 0 Å². The molecule has 0 aliphatic carbocycles. The molecule has 32 heavy (non-hydrogen) atoms. The van der Waals surface area contributed by atoms with Gasteiger partial charge in [0.25, 0.3) is 11.6 Å². The predicted molar refractivity (Wildman–Crippen MR) is 123 cm³/mol. The van der Waals surface area contributed by atoms with Crippen LogP contribution in [0.4, 0.5) is 11.4 Å². The van der Waals surface area contributed by atoms with Crippen LogP contribution in [0.15, 0.2) is 59.4 Å². The van der Waals surface area contributed by atoms with E-state index in [9.17, 15) is 19.7 Å². The quantitative estimate of drug-likeness (QED) is 0.430. The van der Waals surface area contributed by atoms with Crippen molar-refractivity contribution in [2.45, 2.75) is 20.8 Å². The molecule has 1 heterocycles. The fourth-order valence-corrected chi connectivity index (χ4v) is 3.50. The average Bonchev–Trinajstić information content (AvgIpc) is 2.77. The monoisotopic (exact) mass is 435 g/mol. The topological polar surface area (TPSA) is 110 Å². The Balaban J connectivity index is 1.81. The molecule has 3 aromatic rings. The van der Waals surface area contributed by atoms with Gasteiger partial charge in [-0.2, -0.15) is 5.10 Å². The lowest BCUT2D eigenvalue weighted by Crippen LogP contribution is -2.38. The number of benzene rings is 2. The maximum atomic E-state index is 12.7. The fraction of sp³-hybridized carbons (Fsp3) is 0.261. The van der Waals surface area contributed by atoms with E-state index in [-0.39, 0.29) is 17.1 Å². The van der Waals surface area contributed by atoms with Crippen molar-refractivity contribution in [1.29, 1.82) is 0 Å². The van der Waals surface area contributed by atoms with E-state index in [2.05, 4.69) is 15.3 Å². The lowest BCUT2D eigenvalue weighted by molar-refractivity contribution is -0.384. The van der Waals surface area contributed by atoms with Gasteiger partial charge in [0.1, 0.15) is 5.69 Å². The standard InChI is InChI=1S/C23H25N5O4/c1-4-26(18-10-6-5-9-16(18)2)14-13-24-23(30)22-21(29)15-17(3)27(25-22)19-11-7-8-12-20(19)28(31)32/h5-12,15H,4,13-14H2,1-3H3,(H,24,30).